The Morgan fingerprint density at radius 2 is 2.24 bits per heavy atom. The first-order valence-electron chi connectivity index (χ1n) is 5.90. The Morgan fingerprint density at radius 3 is 2.94 bits per heavy atom. The zero-order valence-electron chi connectivity index (χ0n) is 10.4. The average Bonchev–Trinajstić information content (AvgIpc) is 2.77. The summed E-state index contributed by atoms with van der Waals surface area (Å²) in [5.74, 6) is 1.42. The molecule has 2 aromatic rings. The van der Waals surface area contributed by atoms with Gasteiger partial charge in [0.1, 0.15) is 5.82 Å². The summed E-state index contributed by atoms with van der Waals surface area (Å²) in [5.41, 5.74) is 0.746. The number of fused-ring (bicyclic) bond motifs is 1. The maximum atomic E-state index is 4.42. The number of H-pyrrole nitrogens is 1. The van der Waals surface area contributed by atoms with Crippen LogP contribution in [0.5, 0.6) is 0 Å². The number of aromatic nitrogens is 4. The van der Waals surface area contributed by atoms with Gasteiger partial charge in [-0.3, -0.25) is 5.10 Å². The number of rotatable bonds is 5. The third kappa shape index (κ3) is 2.46. The van der Waals surface area contributed by atoms with Crippen molar-refractivity contribution in [3.63, 3.8) is 0 Å². The second-order valence-electron chi connectivity index (χ2n) is 4.11. The van der Waals surface area contributed by atoms with Gasteiger partial charge in [0.15, 0.2) is 5.65 Å². The Kier molecular flexibility index (Phi) is 3.41. The van der Waals surface area contributed by atoms with Crippen LogP contribution in [0, 0.1) is 0 Å². The van der Waals surface area contributed by atoms with Gasteiger partial charge in [0.25, 0.3) is 0 Å². The number of nitrogens with zero attached hydrogens (tertiary/aromatic N) is 3. The van der Waals surface area contributed by atoms with E-state index in [-0.39, 0.29) is 0 Å². The van der Waals surface area contributed by atoms with Crippen LogP contribution in [0.2, 0.25) is 0 Å². The smallest absolute Gasteiger partial charge is 0.226 e. The largest absolute Gasteiger partial charge is 0.367 e. The quantitative estimate of drug-likeness (QED) is 0.737. The van der Waals surface area contributed by atoms with Crippen LogP contribution < -0.4 is 10.6 Å². The monoisotopic (exact) mass is 234 g/mol. The minimum atomic E-state index is 0.387. The van der Waals surface area contributed by atoms with Gasteiger partial charge in [-0.05, 0) is 13.3 Å². The molecule has 0 aliphatic heterocycles. The average molecular weight is 234 g/mol. The molecule has 0 saturated carbocycles. The van der Waals surface area contributed by atoms with Crippen LogP contribution >= 0.6 is 0 Å². The second-order valence-corrected chi connectivity index (χ2v) is 4.11. The highest BCUT2D eigenvalue weighted by Gasteiger charge is 2.10. The Hall–Kier alpha value is -1.85. The van der Waals surface area contributed by atoms with Crippen LogP contribution in [0.3, 0.4) is 0 Å². The maximum absolute atomic E-state index is 4.42. The van der Waals surface area contributed by atoms with Crippen molar-refractivity contribution in [3.8, 4) is 0 Å². The van der Waals surface area contributed by atoms with Gasteiger partial charge in [-0.15, -0.1) is 0 Å². The number of hydrogen-bond donors (Lipinski definition) is 3. The first-order valence-corrected chi connectivity index (χ1v) is 5.90. The van der Waals surface area contributed by atoms with Crippen LogP contribution in [0.4, 0.5) is 11.8 Å². The number of aromatic amines is 1. The van der Waals surface area contributed by atoms with E-state index in [4.69, 9.17) is 0 Å². The molecule has 0 radical (unpaired) electrons. The van der Waals surface area contributed by atoms with Gasteiger partial charge in [-0.25, -0.2) is 0 Å². The van der Waals surface area contributed by atoms with Crippen molar-refractivity contribution in [1.29, 1.82) is 0 Å². The molecule has 2 rings (SSSR count). The fraction of sp³-hybridized carbons (Fsp3) is 0.545. The zero-order chi connectivity index (χ0) is 12.3. The van der Waals surface area contributed by atoms with Gasteiger partial charge < -0.3 is 10.6 Å². The van der Waals surface area contributed by atoms with E-state index in [0.717, 1.165) is 29.7 Å². The lowest BCUT2D eigenvalue weighted by Crippen LogP contribution is -2.16. The molecule has 0 fully saturated rings. The molecule has 3 N–H and O–H groups in total. The van der Waals surface area contributed by atoms with Crippen molar-refractivity contribution in [2.45, 2.75) is 32.7 Å². The molecule has 2 heterocycles. The molecule has 0 aliphatic rings. The minimum Gasteiger partial charge on any atom is -0.367 e. The fourth-order valence-corrected chi connectivity index (χ4v) is 1.80. The summed E-state index contributed by atoms with van der Waals surface area (Å²) in [4.78, 5) is 8.71. The Bertz CT molecular complexity index is 492. The van der Waals surface area contributed by atoms with E-state index in [0.29, 0.717) is 12.0 Å². The molecule has 0 aromatic carbocycles. The summed E-state index contributed by atoms with van der Waals surface area (Å²) in [7, 11) is 1.80. The van der Waals surface area contributed by atoms with Gasteiger partial charge in [0.2, 0.25) is 5.95 Å². The molecule has 17 heavy (non-hydrogen) atoms. The third-order valence-corrected chi connectivity index (χ3v) is 2.64. The minimum absolute atomic E-state index is 0.387. The molecule has 0 amide bonds. The van der Waals surface area contributed by atoms with Crippen LogP contribution in [0.1, 0.15) is 26.7 Å². The van der Waals surface area contributed by atoms with Gasteiger partial charge in [0.05, 0.1) is 11.6 Å². The second kappa shape index (κ2) is 4.99. The zero-order valence-corrected chi connectivity index (χ0v) is 10.4. The van der Waals surface area contributed by atoms with Crippen LogP contribution in [0.25, 0.3) is 11.0 Å². The maximum Gasteiger partial charge on any atom is 0.226 e. The van der Waals surface area contributed by atoms with Crippen LogP contribution in [-0.4, -0.2) is 33.3 Å². The molecule has 0 bridgehead atoms. The highest BCUT2D eigenvalue weighted by atomic mass is 15.2. The third-order valence-electron chi connectivity index (χ3n) is 2.64. The molecule has 1 atom stereocenters. The lowest BCUT2D eigenvalue weighted by Gasteiger charge is -2.14. The SMILES string of the molecule is CCCC(C)Nc1nc(NC)nc2[nH]ncc12. The Morgan fingerprint density at radius 1 is 1.41 bits per heavy atom. The molecule has 92 valence electrons. The van der Waals surface area contributed by atoms with Crippen molar-refractivity contribution >= 4 is 22.8 Å². The van der Waals surface area contributed by atoms with E-state index in [1.54, 1.807) is 13.2 Å². The van der Waals surface area contributed by atoms with Gasteiger partial charge >= 0.3 is 0 Å². The normalized spacial score (nSPS) is 12.6. The van der Waals surface area contributed by atoms with Crippen molar-refractivity contribution in [1.82, 2.24) is 20.2 Å². The molecular formula is C11H18N6. The van der Waals surface area contributed by atoms with Crippen molar-refractivity contribution in [2.24, 2.45) is 0 Å². The van der Waals surface area contributed by atoms with E-state index in [1.165, 1.54) is 0 Å². The predicted octanol–water partition coefficient (Wildman–Crippen LogP) is 2.00. The van der Waals surface area contributed by atoms with Crippen LogP contribution in [0.15, 0.2) is 6.20 Å². The van der Waals surface area contributed by atoms with E-state index in [2.05, 4.69) is 44.6 Å². The summed E-state index contributed by atoms with van der Waals surface area (Å²) in [6.45, 7) is 4.32. The van der Waals surface area contributed by atoms with Gasteiger partial charge in [0, 0.05) is 13.1 Å². The van der Waals surface area contributed by atoms with E-state index in [9.17, 15) is 0 Å². The Labute approximate surface area is 100 Å². The number of nitrogens with one attached hydrogen (secondary N) is 3. The van der Waals surface area contributed by atoms with Crippen LogP contribution in [-0.2, 0) is 0 Å². The summed E-state index contributed by atoms with van der Waals surface area (Å²) >= 11 is 0. The van der Waals surface area contributed by atoms with E-state index < -0.39 is 0 Å². The molecule has 6 nitrogen and oxygen atoms in total. The summed E-state index contributed by atoms with van der Waals surface area (Å²) in [5, 5.41) is 14.1. The lowest BCUT2D eigenvalue weighted by atomic mass is 10.2. The highest BCUT2D eigenvalue weighted by Crippen LogP contribution is 2.20. The lowest BCUT2D eigenvalue weighted by molar-refractivity contribution is 0.688. The first kappa shape index (κ1) is 11.6. The first-order chi connectivity index (χ1) is 8.24. The molecule has 6 heteroatoms. The molecule has 2 aromatic heterocycles. The summed E-state index contributed by atoms with van der Waals surface area (Å²) < 4.78 is 0. The molecule has 0 spiro atoms. The molecule has 1 unspecified atom stereocenters. The topological polar surface area (TPSA) is 78.5 Å². The standard InChI is InChI=1S/C11H18N6/c1-4-5-7(2)14-9-8-6-13-17-10(8)16-11(12-3)15-9/h6-7H,4-5H2,1-3H3,(H3,12,13,14,15,16,17). The number of hydrogen-bond acceptors (Lipinski definition) is 5. The number of anilines is 2. The molecular weight excluding hydrogens is 216 g/mol. The predicted molar refractivity (Wildman–Crippen MR) is 69.2 cm³/mol. The van der Waals surface area contributed by atoms with E-state index in [1.807, 2.05) is 0 Å². The summed E-state index contributed by atoms with van der Waals surface area (Å²) in [6, 6.07) is 0.387. The van der Waals surface area contributed by atoms with Gasteiger partial charge in [-0.1, -0.05) is 13.3 Å². The Balaban J connectivity index is 2.33. The van der Waals surface area contributed by atoms with Crippen molar-refractivity contribution < 1.29 is 0 Å². The molecule has 0 saturated heterocycles. The van der Waals surface area contributed by atoms with Crippen molar-refractivity contribution in [3.05, 3.63) is 6.20 Å². The van der Waals surface area contributed by atoms with E-state index >= 15 is 0 Å². The van der Waals surface area contributed by atoms with Gasteiger partial charge in [-0.2, -0.15) is 15.1 Å². The summed E-state index contributed by atoms with van der Waals surface area (Å²) in [6.07, 6.45) is 4.00. The molecule has 0 aliphatic carbocycles. The van der Waals surface area contributed by atoms with Crippen molar-refractivity contribution in [2.75, 3.05) is 17.7 Å². The highest BCUT2D eigenvalue weighted by molar-refractivity contribution is 5.87. The fourth-order valence-electron chi connectivity index (χ4n) is 1.80.